The second-order valence-corrected chi connectivity index (χ2v) is 4.42. The monoisotopic (exact) mass is 186 g/mol. The number of hydrogen-bond acceptors (Lipinski definition) is 2. The molecule has 1 aliphatic rings. The zero-order valence-electron chi connectivity index (χ0n) is 8.74. The van der Waals surface area contributed by atoms with E-state index >= 15 is 0 Å². The summed E-state index contributed by atoms with van der Waals surface area (Å²) < 4.78 is 0. The predicted octanol–water partition coefficient (Wildman–Crippen LogP) is 1.94. The van der Waals surface area contributed by atoms with Crippen LogP contribution in [-0.2, 0) is 0 Å². The zero-order valence-corrected chi connectivity index (χ0v) is 8.74. The Kier molecular flexibility index (Phi) is 4.20. The first-order valence-electron chi connectivity index (χ1n) is 5.53. The molecule has 2 heteroatoms. The summed E-state index contributed by atoms with van der Waals surface area (Å²) in [6.45, 7) is 4.15. The van der Waals surface area contributed by atoms with Crippen LogP contribution in [0.25, 0.3) is 0 Å². The average molecular weight is 186 g/mol. The minimum Gasteiger partial charge on any atom is -0.393 e. The average Bonchev–Trinajstić information content (AvgIpc) is 2.10. The molecule has 4 unspecified atom stereocenters. The van der Waals surface area contributed by atoms with Crippen LogP contribution in [0.3, 0.4) is 0 Å². The largest absolute Gasteiger partial charge is 0.393 e. The lowest BCUT2D eigenvalue weighted by Gasteiger charge is -2.35. The van der Waals surface area contributed by atoms with E-state index in [1.165, 1.54) is 0 Å². The minimum atomic E-state index is -0.289. The molecule has 0 aromatic heterocycles. The van der Waals surface area contributed by atoms with Crippen molar-refractivity contribution in [2.45, 2.75) is 58.2 Å². The van der Waals surface area contributed by atoms with Gasteiger partial charge in [-0.2, -0.15) is 0 Å². The van der Waals surface area contributed by atoms with Crippen LogP contribution in [0.15, 0.2) is 0 Å². The van der Waals surface area contributed by atoms with Gasteiger partial charge in [-0.25, -0.2) is 0 Å². The predicted molar refractivity (Wildman–Crippen MR) is 53.4 cm³/mol. The van der Waals surface area contributed by atoms with Gasteiger partial charge in [0.25, 0.3) is 0 Å². The summed E-state index contributed by atoms with van der Waals surface area (Å²) in [6, 6.07) is 0. The molecule has 1 saturated carbocycles. The van der Waals surface area contributed by atoms with Crippen molar-refractivity contribution in [1.29, 1.82) is 0 Å². The van der Waals surface area contributed by atoms with Crippen molar-refractivity contribution in [2.75, 3.05) is 0 Å². The third kappa shape index (κ3) is 2.68. The normalized spacial score (nSPS) is 37.4. The molecule has 0 aliphatic heterocycles. The smallest absolute Gasteiger partial charge is 0.0618 e. The third-order valence-corrected chi connectivity index (χ3v) is 3.30. The molecular weight excluding hydrogens is 164 g/mol. The zero-order chi connectivity index (χ0) is 9.84. The van der Waals surface area contributed by atoms with E-state index in [0.717, 1.165) is 32.1 Å². The highest BCUT2D eigenvalue weighted by atomic mass is 16.3. The molecular formula is C11H22O2. The van der Waals surface area contributed by atoms with Crippen LogP contribution in [0.1, 0.15) is 46.0 Å². The summed E-state index contributed by atoms with van der Waals surface area (Å²) in [5, 5.41) is 19.7. The maximum Gasteiger partial charge on any atom is 0.0618 e. The quantitative estimate of drug-likeness (QED) is 0.707. The molecule has 0 aromatic rings. The molecule has 1 fully saturated rings. The SMILES string of the molecule is CCCC(O)C1CCCC(C)C1O. The van der Waals surface area contributed by atoms with E-state index in [2.05, 4.69) is 13.8 Å². The number of aliphatic hydroxyl groups excluding tert-OH is 2. The van der Waals surface area contributed by atoms with E-state index in [0.29, 0.717) is 5.92 Å². The molecule has 0 spiro atoms. The number of hydrogen-bond donors (Lipinski definition) is 2. The molecule has 0 heterocycles. The van der Waals surface area contributed by atoms with Gasteiger partial charge in [0.05, 0.1) is 12.2 Å². The fourth-order valence-corrected chi connectivity index (χ4v) is 2.37. The highest BCUT2D eigenvalue weighted by Crippen LogP contribution is 2.32. The van der Waals surface area contributed by atoms with E-state index in [-0.39, 0.29) is 18.1 Å². The molecule has 2 nitrogen and oxygen atoms in total. The van der Waals surface area contributed by atoms with E-state index in [1.54, 1.807) is 0 Å². The Bertz CT molecular complexity index is 147. The number of rotatable bonds is 3. The van der Waals surface area contributed by atoms with Crippen molar-refractivity contribution in [2.24, 2.45) is 11.8 Å². The van der Waals surface area contributed by atoms with Gasteiger partial charge in [0.1, 0.15) is 0 Å². The Morgan fingerprint density at radius 3 is 2.69 bits per heavy atom. The molecule has 0 radical (unpaired) electrons. The summed E-state index contributed by atoms with van der Waals surface area (Å²) in [5.74, 6) is 0.494. The van der Waals surface area contributed by atoms with Crippen molar-refractivity contribution in [3.05, 3.63) is 0 Å². The summed E-state index contributed by atoms with van der Waals surface area (Å²) in [7, 11) is 0. The Hall–Kier alpha value is -0.0800. The molecule has 4 atom stereocenters. The molecule has 0 aromatic carbocycles. The van der Waals surface area contributed by atoms with E-state index in [9.17, 15) is 10.2 Å². The van der Waals surface area contributed by atoms with Gasteiger partial charge < -0.3 is 10.2 Å². The second-order valence-electron chi connectivity index (χ2n) is 4.42. The van der Waals surface area contributed by atoms with Crippen LogP contribution in [0.4, 0.5) is 0 Å². The van der Waals surface area contributed by atoms with E-state index < -0.39 is 0 Å². The molecule has 0 bridgehead atoms. The summed E-state index contributed by atoms with van der Waals surface area (Å²) in [6.07, 6.45) is 4.51. The summed E-state index contributed by atoms with van der Waals surface area (Å²) in [5.41, 5.74) is 0. The van der Waals surface area contributed by atoms with E-state index in [4.69, 9.17) is 0 Å². The highest BCUT2D eigenvalue weighted by molar-refractivity contribution is 4.83. The van der Waals surface area contributed by atoms with Crippen molar-refractivity contribution < 1.29 is 10.2 Å². The Labute approximate surface area is 81.0 Å². The number of aliphatic hydroxyl groups is 2. The van der Waals surface area contributed by atoms with Crippen molar-refractivity contribution in [3.8, 4) is 0 Å². The van der Waals surface area contributed by atoms with Gasteiger partial charge in [-0.15, -0.1) is 0 Å². The van der Waals surface area contributed by atoms with Gasteiger partial charge in [-0.05, 0) is 25.2 Å². The van der Waals surface area contributed by atoms with Gasteiger partial charge in [0.15, 0.2) is 0 Å². The van der Waals surface area contributed by atoms with Gasteiger partial charge in [0, 0.05) is 5.92 Å². The first kappa shape index (κ1) is 11.0. The Morgan fingerprint density at radius 2 is 2.08 bits per heavy atom. The second kappa shape index (κ2) is 4.97. The molecule has 2 N–H and O–H groups in total. The topological polar surface area (TPSA) is 40.5 Å². The standard InChI is InChI=1S/C11H22O2/c1-3-5-10(12)9-7-4-6-8(2)11(9)13/h8-13H,3-7H2,1-2H3. The van der Waals surface area contributed by atoms with Crippen molar-refractivity contribution >= 4 is 0 Å². The first-order valence-corrected chi connectivity index (χ1v) is 5.53. The molecule has 1 aliphatic carbocycles. The molecule has 13 heavy (non-hydrogen) atoms. The first-order chi connectivity index (χ1) is 6.16. The van der Waals surface area contributed by atoms with E-state index in [1.807, 2.05) is 0 Å². The minimum absolute atomic E-state index is 0.128. The molecule has 1 rings (SSSR count). The van der Waals surface area contributed by atoms with Crippen LogP contribution in [0.2, 0.25) is 0 Å². The van der Waals surface area contributed by atoms with Crippen molar-refractivity contribution in [3.63, 3.8) is 0 Å². The maximum atomic E-state index is 9.87. The Balaban J connectivity index is 2.46. The highest BCUT2D eigenvalue weighted by Gasteiger charge is 2.33. The third-order valence-electron chi connectivity index (χ3n) is 3.30. The van der Waals surface area contributed by atoms with Crippen LogP contribution in [0, 0.1) is 11.8 Å². The lowest BCUT2D eigenvalue weighted by Crippen LogP contribution is -2.39. The Morgan fingerprint density at radius 1 is 1.38 bits per heavy atom. The van der Waals surface area contributed by atoms with Gasteiger partial charge in [-0.3, -0.25) is 0 Å². The van der Waals surface area contributed by atoms with Crippen molar-refractivity contribution in [1.82, 2.24) is 0 Å². The van der Waals surface area contributed by atoms with Gasteiger partial charge >= 0.3 is 0 Å². The van der Waals surface area contributed by atoms with Crippen LogP contribution < -0.4 is 0 Å². The molecule has 78 valence electrons. The van der Waals surface area contributed by atoms with Gasteiger partial charge in [0.2, 0.25) is 0 Å². The molecule has 0 amide bonds. The summed E-state index contributed by atoms with van der Waals surface area (Å²) in [4.78, 5) is 0. The summed E-state index contributed by atoms with van der Waals surface area (Å²) >= 11 is 0. The van der Waals surface area contributed by atoms with Crippen LogP contribution in [0.5, 0.6) is 0 Å². The fraction of sp³-hybridized carbons (Fsp3) is 1.00. The molecule has 0 saturated heterocycles. The van der Waals surface area contributed by atoms with Crippen LogP contribution in [-0.4, -0.2) is 22.4 Å². The van der Waals surface area contributed by atoms with Gasteiger partial charge in [-0.1, -0.05) is 26.7 Å². The fourth-order valence-electron chi connectivity index (χ4n) is 2.37. The van der Waals surface area contributed by atoms with Crippen LogP contribution >= 0.6 is 0 Å². The lowest BCUT2D eigenvalue weighted by atomic mass is 9.76. The lowest BCUT2D eigenvalue weighted by molar-refractivity contribution is -0.0421. The maximum absolute atomic E-state index is 9.87.